The summed E-state index contributed by atoms with van der Waals surface area (Å²) in [6.45, 7) is 5.28. The van der Waals surface area contributed by atoms with Crippen LogP contribution < -0.4 is 5.32 Å². The number of carbonyl (C=O) groups is 1. The van der Waals surface area contributed by atoms with Gasteiger partial charge in [-0.25, -0.2) is 0 Å². The van der Waals surface area contributed by atoms with Crippen molar-refractivity contribution in [2.75, 3.05) is 26.2 Å². The van der Waals surface area contributed by atoms with Gasteiger partial charge >= 0.3 is 0 Å². The SMILES string of the molecule is CCNC(=O)C1CCCN(CCC#N)C1. The minimum atomic E-state index is 0.123. The number of hydrogen-bond donors (Lipinski definition) is 1. The van der Waals surface area contributed by atoms with Crippen LogP contribution in [0.3, 0.4) is 0 Å². The molecule has 1 fully saturated rings. The number of amides is 1. The molecule has 15 heavy (non-hydrogen) atoms. The number of rotatable bonds is 4. The van der Waals surface area contributed by atoms with Gasteiger partial charge in [-0.1, -0.05) is 0 Å². The van der Waals surface area contributed by atoms with Crippen LogP contribution in [0.5, 0.6) is 0 Å². The summed E-state index contributed by atoms with van der Waals surface area (Å²) < 4.78 is 0. The van der Waals surface area contributed by atoms with E-state index >= 15 is 0 Å². The van der Waals surface area contributed by atoms with Crippen LogP contribution in [0, 0.1) is 17.2 Å². The van der Waals surface area contributed by atoms with Crippen LogP contribution in [0.4, 0.5) is 0 Å². The van der Waals surface area contributed by atoms with E-state index in [2.05, 4.69) is 16.3 Å². The molecular formula is C11H19N3O. The molecule has 1 aliphatic heterocycles. The molecule has 0 aromatic rings. The molecule has 0 spiro atoms. The lowest BCUT2D eigenvalue weighted by Gasteiger charge is -2.31. The second-order valence-electron chi connectivity index (χ2n) is 3.94. The highest BCUT2D eigenvalue weighted by Gasteiger charge is 2.24. The third kappa shape index (κ3) is 3.88. The van der Waals surface area contributed by atoms with Crippen molar-refractivity contribution in [2.45, 2.75) is 26.2 Å². The summed E-state index contributed by atoms with van der Waals surface area (Å²) in [7, 11) is 0. The molecule has 1 saturated heterocycles. The van der Waals surface area contributed by atoms with E-state index in [1.165, 1.54) is 0 Å². The summed E-state index contributed by atoms with van der Waals surface area (Å²) in [6.07, 6.45) is 2.60. The Morgan fingerprint density at radius 3 is 3.13 bits per heavy atom. The third-order valence-corrected chi connectivity index (χ3v) is 2.77. The summed E-state index contributed by atoms with van der Waals surface area (Å²) in [4.78, 5) is 13.8. The van der Waals surface area contributed by atoms with Crippen LogP contribution >= 0.6 is 0 Å². The normalized spacial score (nSPS) is 22.0. The van der Waals surface area contributed by atoms with Crippen molar-refractivity contribution in [1.82, 2.24) is 10.2 Å². The quantitative estimate of drug-likeness (QED) is 0.743. The predicted molar refractivity (Wildman–Crippen MR) is 58.1 cm³/mol. The molecule has 4 heteroatoms. The van der Waals surface area contributed by atoms with Gasteiger partial charge in [-0.2, -0.15) is 5.26 Å². The number of piperidine rings is 1. The number of nitrogens with one attached hydrogen (secondary N) is 1. The lowest BCUT2D eigenvalue weighted by Crippen LogP contribution is -2.43. The summed E-state index contributed by atoms with van der Waals surface area (Å²) in [5, 5.41) is 11.4. The molecule has 1 rings (SSSR count). The fourth-order valence-electron chi connectivity index (χ4n) is 2.00. The molecule has 1 amide bonds. The molecule has 1 heterocycles. The first-order valence-electron chi connectivity index (χ1n) is 5.65. The maximum atomic E-state index is 11.6. The summed E-state index contributed by atoms with van der Waals surface area (Å²) >= 11 is 0. The topological polar surface area (TPSA) is 56.1 Å². The highest BCUT2D eigenvalue weighted by atomic mass is 16.1. The summed E-state index contributed by atoms with van der Waals surface area (Å²) in [5.74, 6) is 0.288. The minimum absolute atomic E-state index is 0.123. The van der Waals surface area contributed by atoms with E-state index in [4.69, 9.17) is 5.26 Å². The molecule has 84 valence electrons. The van der Waals surface area contributed by atoms with E-state index in [9.17, 15) is 4.79 Å². The Kier molecular flexibility index (Phi) is 5.13. The standard InChI is InChI=1S/C11H19N3O/c1-2-13-11(15)10-5-3-7-14(9-10)8-4-6-12/h10H,2-5,7-9H2,1H3,(H,13,15). The first-order valence-corrected chi connectivity index (χ1v) is 5.65. The van der Waals surface area contributed by atoms with Gasteiger partial charge in [0.2, 0.25) is 5.91 Å². The zero-order valence-corrected chi connectivity index (χ0v) is 9.33. The molecule has 1 N–H and O–H groups in total. The van der Waals surface area contributed by atoms with Crippen molar-refractivity contribution >= 4 is 5.91 Å². The largest absolute Gasteiger partial charge is 0.356 e. The Labute approximate surface area is 91.2 Å². The van der Waals surface area contributed by atoms with E-state index in [0.717, 1.165) is 32.5 Å². The second-order valence-corrected chi connectivity index (χ2v) is 3.94. The van der Waals surface area contributed by atoms with Crippen molar-refractivity contribution in [1.29, 1.82) is 5.26 Å². The van der Waals surface area contributed by atoms with Crippen LogP contribution in [0.15, 0.2) is 0 Å². The van der Waals surface area contributed by atoms with E-state index in [1.54, 1.807) is 0 Å². The van der Waals surface area contributed by atoms with Gasteiger partial charge in [0.15, 0.2) is 0 Å². The van der Waals surface area contributed by atoms with Gasteiger partial charge in [-0.3, -0.25) is 4.79 Å². The lowest BCUT2D eigenvalue weighted by molar-refractivity contribution is -0.126. The van der Waals surface area contributed by atoms with E-state index in [-0.39, 0.29) is 11.8 Å². The Balaban J connectivity index is 2.35. The van der Waals surface area contributed by atoms with E-state index in [1.807, 2.05) is 6.92 Å². The fraction of sp³-hybridized carbons (Fsp3) is 0.818. The van der Waals surface area contributed by atoms with Gasteiger partial charge in [0.05, 0.1) is 12.0 Å². The maximum absolute atomic E-state index is 11.6. The molecule has 4 nitrogen and oxygen atoms in total. The van der Waals surface area contributed by atoms with Crippen LogP contribution in [0.1, 0.15) is 26.2 Å². The van der Waals surface area contributed by atoms with Gasteiger partial charge in [0, 0.05) is 26.1 Å². The molecule has 0 saturated carbocycles. The molecule has 0 aliphatic carbocycles. The Hall–Kier alpha value is -1.08. The number of nitriles is 1. The number of nitrogens with zero attached hydrogens (tertiary/aromatic N) is 2. The lowest BCUT2D eigenvalue weighted by atomic mass is 9.97. The Morgan fingerprint density at radius 1 is 1.67 bits per heavy atom. The number of carbonyl (C=O) groups excluding carboxylic acids is 1. The number of hydrogen-bond acceptors (Lipinski definition) is 3. The molecule has 1 aliphatic rings. The molecule has 0 radical (unpaired) electrons. The van der Waals surface area contributed by atoms with Gasteiger partial charge in [-0.15, -0.1) is 0 Å². The zero-order chi connectivity index (χ0) is 11.1. The van der Waals surface area contributed by atoms with Crippen LogP contribution in [-0.4, -0.2) is 37.0 Å². The van der Waals surface area contributed by atoms with Gasteiger partial charge in [0.1, 0.15) is 0 Å². The molecule has 0 aromatic carbocycles. The first-order chi connectivity index (χ1) is 7.27. The van der Waals surface area contributed by atoms with Gasteiger partial charge < -0.3 is 10.2 Å². The third-order valence-electron chi connectivity index (χ3n) is 2.77. The monoisotopic (exact) mass is 209 g/mol. The fourth-order valence-corrected chi connectivity index (χ4v) is 2.00. The zero-order valence-electron chi connectivity index (χ0n) is 9.33. The molecule has 0 bridgehead atoms. The minimum Gasteiger partial charge on any atom is -0.356 e. The smallest absolute Gasteiger partial charge is 0.224 e. The predicted octanol–water partition coefficient (Wildman–Crippen LogP) is 0.748. The van der Waals surface area contributed by atoms with E-state index in [0.29, 0.717) is 13.0 Å². The maximum Gasteiger partial charge on any atom is 0.224 e. The van der Waals surface area contributed by atoms with Crippen LogP contribution in [0.25, 0.3) is 0 Å². The van der Waals surface area contributed by atoms with Crippen LogP contribution in [0.2, 0.25) is 0 Å². The van der Waals surface area contributed by atoms with Crippen molar-refractivity contribution < 1.29 is 4.79 Å². The van der Waals surface area contributed by atoms with E-state index < -0.39 is 0 Å². The van der Waals surface area contributed by atoms with Gasteiger partial charge in [-0.05, 0) is 26.3 Å². The summed E-state index contributed by atoms with van der Waals surface area (Å²) in [5.41, 5.74) is 0. The Bertz CT molecular complexity index is 247. The molecular weight excluding hydrogens is 190 g/mol. The van der Waals surface area contributed by atoms with Crippen molar-refractivity contribution in [3.63, 3.8) is 0 Å². The Morgan fingerprint density at radius 2 is 2.47 bits per heavy atom. The molecule has 0 aromatic heterocycles. The second kappa shape index (κ2) is 6.41. The van der Waals surface area contributed by atoms with Crippen molar-refractivity contribution in [3.8, 4) is 6.07 Å². The highest BCUT2D eigenvalue weighted by molar-refractivity contribution is 5.78. The average Bonchev–Trinajstić information content (AvgIpc) is 2.27. The molecule has 1 atom stereocenters. The first kappa shape index (κ1) is 12.0. The summed E-state index contributed by atoms with van der Waals surface area (Å²) in [6, 6.07) is 2.14. The number of likely N-dealkylation sites (tertiary alicyclic amines) is 1. The van der Waals surface area contributed by atoms with Gasteiger partial charge in [0.25, 0.3) is 0 Å². The van der Waals surface area contributed by atoms with Crippen molar-refractivity contribution in [3.05, 3.63) is 0 Å². The highest BCUT2D eigenvalue weighted by Crippen LogP contribution is 2.16. The molecule has 1 unspecified atom stereocenters. The van der Waals surface area contributed by atoms with Crippen LogP contribution in [-0.2, 0) is 4.79 Å². The average molecular weight is 209 g/mol. The van der Waals surface area contributed by atoms with Crippen molar-refractivity contribution in [2.24, 2.45) is 5.92 Å².